The molecule has 0 spiro atoms. The van der Waals surface area contributed by atoms with E-state index in [9.17, 15) is 5.11 Å². The molecule has 3 rings (SSSR count). The van der Waals surface area contributed by atoms with E-state index in [4.69, 9.17) is 0 Å². The fourth-order valence-electron chi connectivity index (χ4n) is 2.47. The van der Waals surface area contributed by atoms with Crippen LogP contribution in [0, 0.1) is 0 Å². The van der Waals surface area contributed by atoms with Gasteiger partial charge in [-0.3, -0.25) is 4.57 Å². The largest absolute Gasteiger partial charge is 0.394 e. The lowest BCUT2D eigenvalue weighted by Crippen LogP contribution is -2.30. The zero-order valence-electron chi connectivity index (χ0n) is 12.9. The normalized spacial score (nSPS) is 13.5. The molecule has 0 aliphatic rings. The second-order valence-corrected chi connectivity index (χ2v) is 5.36. The van der Waals surface area contributed by atoms with Gasteiger partial charge in [0.15, 0.2) is 0 Å². The molecule has 0 radical (unpaired) electrons. The Balaban J connectivity index is 1.78. The predicted molar refractivity (Wildman–Crippen MR) is 88.5 cm³/mol. The van der Waals surface area contributed by atoms with Gasteiger partial charge >= 0.3 is 0 Å². The van der Waals surface area contributed by atoms with E-state index >= 15 is 0 Å². The van der Waals surface area contributed by atoms with E-state index in [1.54, 1.807) is 17.1 Å². The smallest absolute Gasteiger partial charge is 0.143 e. The minimum absolute atomic E-state index is 0.0144. The summed E-state index contributed by atoms with van der Waals surface area (Å²) in [7, 11) is 0. The van der Waals surface area contributed by atoms with Crippen molar-refractivity contribution in [1.29, 1.82) is 0 Å². The van der Waals surface area contributed by atoms with Crippen LogP contribution in [0.1, 0.15) is 18.4 Å². The van der Waals surface area contributed by atoms with Crippen LogP contribution in [0.5, 0.6) is 0 Å². The van der Waals surface area contributed by atoms with Crippen molar-refractivity contribution in [2.75, 3.05) is 11.9 Å². The van der Waals surface area contributed by atoms with Crippen molar-refractivity contribution in [3.63, 3.8) is 0 Å². The van der Waals surface area contributed by atoms with E-state index in [1.165, 1.54) is 11.9 Å². The van der Waals surface area contributed by atoms with Crippen molar-refractivity contribution in [2.45, 2.75) is 18.9 Å². The van der Waals surface area contributed by atoms with Crippen LogP contribution in [0.25, 0.3) is 5.82 Å². The predicted octanol–water partition coefficient (Wildman–Crippen LogP) is 2.24. The van der Waals surface area contributed by atoms with E-state index in [0.29, 0.717) is 5.82 Å². The summed E-state index contributed by atoms with van der Waals surface area (Å²) in [6.45, 7) is 2.10. The van der Waals surface area contributed by atoms with Gasteiger partial charge in [0.1, 0.15) is 24.3 Å². The molecule has 2 atom stereocenters. The zero-order valence-corrected chi connectivity index (χ0v) is 12.9. The Morgan fingerprint density at radius 2 is 2.04 bits per heavy atom. The Hall–Kier alpha value is -2.73. The van der Waals surface area contributed by atoms with E-state index < -0.39 is 0 Å². The van der Waals surface area contributed by atoms with Crippen LogP contribution in [0.3, 0.4) is 0 Å². The summed E-state index contributed by atoms with van der Waals surface area (Å²) in [4.78, 5) is 12.5. The summed E-state index contributed by atoms with van der Waals surface area (Å²) in [6, 6.07) is 11.8. The minimum atomic E-state index is -0.136. The number of aliphatic hydroxyl groups excluding tert-OH is 1. The first-order chi connectivity index (χ1) is 11.3. The Morgan fingerprint density at radius 3 is 2.74 bits per heavy atom. The maximum absolute atomic E-state index is 9.75. The van der Waals surface area contributed by atoms with E-state index in [-0.39, 0.29) is 18.6 Å². The summed E-state index contributed by atoms with van der Waals surface area (Å²) < 4.78 is 1.81. The van der Waals surface area contributed by atoms with E-state index in [0.717, 1.165) is 5.82 Å². The van der Waals surface area contributed by atoms with Gasteiger partial charge < -0.3 is 10.4 Å². The van der Waals surface area contributed by atoms with Crippen LogP contribution in [0.4, 0.5) is 5.82 Å². The van der Waals surface area contributed by atoms with Crippen molar-refractivity contribution in [2.24, 2.45) is 0 Å². The van der Waals surface area contributed by atoms with Crippen LogP contribution < -0.4 is 5.32 Å². The monoisotopic (exact) mass is 309 g/mol. The average Bonchev–Trinajstić information content (AvgIpc) is 3.15. The van der Waals surface area contributed by atoms with E-state index in [2.05, 4.69) is 39.3 Å². The highest BCUT2D eigenvalue weighted by atomic mass is 16.3. The molecule has 0 saturated heterocycles. The molecule has 2 N–H and O–H groups in total. The van der Waals surface area contributed by atoms with Gasteiger partial charge in [0.05, 0.1) is 12.6 Å². The number of hydrogen-bond acceptors (Lipinski definition) is 5. The lowest BCUT2D eigenvalue weighted by Gasteiger charge is -2.24. The minimum Gasteiger partial charge on any atom is -0.394 e. The molecule has 2 aromatic heterocycles. The van der Waals surface area contributed by atoms with Gasteiger partial charge in [-0.05, 0) is 5.56 Å². The van der Waals surface area contributed by atoms with Crippen LogP contribution in [-0.2, 0) is 0 Å². The molecule has 3 aromatic rings. The molecule has 6 heteroatoms. The van der Waals surface area contributed by atoms with Crippen LogP contribution in [0.2, 0.25) is 0 Å². The molecule has 23 heavy (non-hydrogen) atoms. The van der Waals surface area contributed by atoms with Gasteiger partial charge in [-0.1, -0.05) is 37.3 Å². The van der Waals surface area contributed by atoms with Crippen molar-refractivity contribution >= 4 is 5.82 Å². The number of nitrogens with zero attached hydrogens (tertiary/aromatic N) is 4. The zero-order chi connectivity index (χ0) is 16.1. The van der Waals surface area contributed by atoms with Gasteiger partial charge in [-0.15, -0.1) is 0 Å². The number of aromatic nitrogens is 4. The first-order valence-electron chi connectivity index (χ1n) is 7.50. The quantitative estimate of drug-likeness (QED) is 0.730. The topological polar surface area (TPSA) is 75.9 Å². The maximum atomic E-state index is 9.75. The fraction of sp³-hybridized carbons (Fsp3) is 0.235. The third kappa shape index (κ3) is 3.54. The average molecular weight is 309 g/mol. The molecule has 0 amide bonds. The highest BCUT2D eigenvalue weighted by Gasteiger charge is 2.18. The molecular formula is C17H19N5O. The molecule has 6 nitrogen and oxygen atoms in total. The second-order valence-electron chi connectivity index (χ2n) is 5.36. The lowest BCUT2D eigenvalue weighted by molar-refractivity contribution is 0.261. The number of rotatable bonds is 6. The first kappa shape index (κ1) is 15.2. The molecule has 118 valence electrons. The second kappa shape index (κ2) is 7.02. The summed E-state index contributed by atoms with van der Waals surface area (Å²) in [6.07, 6.45) is 6.70. The van der Waals surface area contributed by atoms with Gasteiger partial charge in [0.25, 0.3) is 0 Å². The molecule has 1 aromatic carbocycles. The summed E-state index contributed by atoms with van der Waals surface area (Å²) in [5, 5.41) is 13.0. The lowest BCUT2D eigenvalue weighted by atomic mass is 9.94. The molecule has 0 aliphatic carbocycles. The van der Waals surface area contributed by atoms with Crippen LogP contribution in [0.15, 0.2) is 61.4 Å². The number of aliphatic hydroxyl groups is 1. The molecule has 2 unspecified atom stereocenters. The van der Waals surface area contributed by atoms with Gasteiger partial charge in [0, 0.05) is 24.4 Å². The molecule has 0 saturated carbocycles. The number of imidazole rings is 1. The third-order valence-electron chi connectivity index (χ3n) is 3.88. The highest BCUT2D eigenvalue weighted by Crippen LogP contribution is 2.21. The summed E-state index contributed by atoms with van der Waals surface area (Å²) >= 11 is 0. The standard InChI is InChI=1S/C17H19N5O/c1-13(14-5-3-2-4-6-14)15(10-23)21-16-9-17(20-11-19-16)22-8-7-18-12-22/h2-9,11-13,15,23H,10H2,1H3,(H,19,20,21). The summed E-state index contributed by atoms with van der Waals surface area (Å²) in [5.41, 5.74) is 1.17. The first-order valence-corrected chi connectivity index (χ1v) is 7.50. The molecule has 2 heterocycles. The number of nitrogens with one attached hydrogen (secondary N) is 1. The van der Waals surface area contributed by atoms with Crippen molar-refractivity contribution in [3.05, 3.63) is 67.0 Å². The van der Waals surface area contributed by atoms with Gasteiger partial charge in [-0.2, -0.15) is 0 Å². The van der Waals surface area contributed by atoms with Crippen LogP contribution >= 0.6 is 0 Å². The van der Waals surface area contributed by atoms with Gasteiger partial charge in [0.2, 0.25) is 0 Å². The summed E-state index contributed by atoms with van der Waals surface area (Å²) in [5.74, 6) is 1.54. The SMILES string of the molecule is CC(c1ccccc1)C(CO)Nc1cc(-n2ccnc2)ncn1. The van der Waals surface area contributed by atoms with Crippen molar-refractivity contribution in [1.82, 2.24) is 19.5 Å². The Bertz CT molecular complexity index is 730. The van der Waals surface area contributed by atoms with Crippen LogP contribution in [-0.4, -0.2) is 37.3 Å². The number of benzene rings is 1. The Labute approximate surface area is 134 Å². The number of anilines is 1. The molecule has 0 bridgehead atoms. The fourth-order valence-corrected chi connectivity index (χ4v) is 2.47. The van der Waals surface area contributed by atoms with Crippen molar-refractivity contribution < 1.29 is 5.11 Å². The molecule has 0 aliphatic heterocycles. The highest BCUT2D eigenvalue weighted by molar-refractivity contribution is 5.42. The molecule has 0 fully saturated rings. The Morgan fingerprint density at radius 1 is 1.22 bits per heavy atom. The van der Waals surface area contributed by atoms with Crippen molar-refractivity contribution in [3.8, 4) is 5.82 Å². The molecular weight excluding hydrogens is 290 g/mol. The maximum Gasteiger partial charge on any atom is 0.143 e. The number of hydrogen-bond donors (Lipinski definition) is 2. The van der Waals surface area contributed by atoms with Gasteiger partial charge in [-0.25, -0.2) is 15.0 Å². The Kier molecular flexibility index (Phi) is 4.63. The van der Waals surface area contributed by atoms with E-state index in [1.807, 2.05) is 30.5 Å². The third-order valence-corrected chi connectivity index (χ3v) is 3.88.